The lowest BCUT2D eigenvalue weighted by molar-refractivity contribution is 0.208. The van der Waals surface area contributed by atoms with E-state index in [1.165, 1.54) is 0 Å². The van der Waals surface area contributed by atoms with Crippen LogP contribution in [0.5, 0.6) is 0 Å². The van der Waals surface area contributed by atoms with Crippen molar-refractivity contribution in [1.82, 2.24) is 20.1 Å². The summed E-state index contributed by atoms with van der Waals surface area (Å²) in [4.78, 5) is 20.5. The molecule has 0 bridgehead atoms. The number of halogens is 1. The Kier molecular flexibility index (Phi) is 5.57. The molecule has 1 aliphatic rings. The summed E-state index contributed by atoms with van der Waals surface area (Å²) < 4.78 is 0. The second-order valence-electron chi connectivity index (χ2n) is 6.88. The molecule has 4 rings (SSSR count). The number of aromatic nitrogens is 3. The van der Waals surface area contributed by atoms with Gasteiger partial charge < -0.3 is 15.1 Å². The number of hydrogen-bond acceptors (Lipinski definition) is 5. The van der Waals surface area contributed by atoms with E-state index in [-0.39, 0.29) is 6.03 Å². The van der Waals surface area contributed by atoms with Gasteiger partial charge in [0, 0.05) is 54.8 Å². The molecule has 3 heterocycles. The number of rotatable bonds is 3. The minimum atomic E-state index is -0.122. The zero-order valence-corrected chi connectivity index (χ0v) is 16.8. The maximum absolute atomic E-state index is 12.5. The predicted octanol–water partition coefficient (Wildman–Crippen LogP) is 3.85. The van der Waals surface area contributed by atoms with E-state index < -0.39 is 0 Å². The first-order valence-electron chi connectivity index (χ1n) is 9.41. The van der Waals surface area contributed by atoms with E-state index in [4.69, 9.17) is 11.6 Å². The highest BCUT2D eigenvalue weighted by Gasteiger charge is 2.22. The summed E-state index contributed by atoms with van der Waals surface area (Å²) in [6.45, 7) is 4.55. The molecule has 0 aliphatic carbocycles. The molecule has 3 aromatic rings. The van der Waals surface area contributed by atoms with Crippen LogP contribution in [0.25, 0.3) is 11.3 Å². The van der Waals surface area contributed by atoms with Crippen molar-refractivity contribution in [3.8, 4) is 11.3 Å². The van der Waals surface area contributed by atoms with Crippen LogP contribution in [0.4, 0.5) is 16.3 Å². The number of carbonyl (C=O) groups excluding carboxylic acids is 1. The fraction of sp³-hybridized carbons (Fsp3) is 0.238. The highest BCUT2D eigenvalue weighted by Crippen LogP contribution is 2.21. The first-order chi connectivity index (χ1) is 14.1. The van der Waals surface area contributed by atoms with Crippen LogP contribution in [0.15, 0.2) is 54.9 Å². The van der Waals surface area contributed by atoms with Crippen LogP contribution in [0.2, 0.25) is 5.02 Å². The fourth-order valence-corrected chi connectivity index (χ4v) is 3.36. The molecule has 1 aromatic carbocycles. The van der Waals surface area contributed by atoms with Gasteiger partial charge in [-0.25, -0.2) is 4.79 Å². The second kappa shape index (κ2) is 8.45. The minimum Gasteiger partial charge on any atom is -0.352 e. The van der Waals surface area contributed by atoms with Gasteiger partial charge in [-0.15, -0.1) is 10.2 Å². The van der Waals surface area contributed by atoms with E-state index in [1.807, 2.05) is 43.3 Å². The van der Waals surface area contributed by atoms with Gasteiger partial charge in [-0.1, -0.05) is 17.7 Å². The van der Waals surface area contributed by atoms with Gasteiger partial charge in [-0.05, 0) is 48.9 Å². The Balaban J connectivity index is 1.34. The summed E-state index contributed by atoms with van der Waals surface area (Å²) in [7, 11) is 0. The Labute approximate surface area is 174 Å². The van der Waals surface area contributed by atoms with E-state index >= 15 is 0 Å². The third-order valence-electron chi connectivity index (χ3n) is 4.94. The van der Waals surface area contributed by atoms with Crippen LogP contribution in [0.3, 0.4) is 0 Å². The molecule has 148 valence electrons. The van der Waals surface area contributed by atoms with Crippen molar-refractivity contribution >= 4 is 29.1 Å². The number of anilines is 2. The van der Waals surface area contributed by atoms with Gasteiger partial charge in [0.15, 0.2) is 5.82 Å². The zero-order chi connectivity index (χ0) is 20.2. The number of hydrogen-bond donors (Lipinski definition) is 1. The Morgan fingerprint density at radius 2 is 1.76 bits per heavy atom. The highest BCUT2D eigenvalue weighted by atomic mass is 35.5. The third-order valence-corrected chi connectivity index (χ3v) is 5.35. The number of nitrogens with zero attached hydrogens (tertiary/aromatic N) is 5. The van der Waals surface area contributed by atoms with Crippen LogP contribution in [0.1, 0.15) is 5.56 Å². The number of aryl methyl sites for hydroxylation is 1. The Morgan fingerprint density at radius 3 is 2.41 bits per heavy atom. The summed E-state index contributed by atoms with van der Waals surface area (Å²) in [5, 5.41) is 12.2. The standard InChI is InChI=1S/C21H21ClN6O/c1-15-2-3-17(14-18(15)22)24-21(29)28-12-10-27(11-13-28)20-5-4-19(25-26-20)16-6-8-23-9-7-16/h2-9,14H,10-13H2,1H3,(H,24,29). The van der Waals surface area contributed by atoms with E-state index in [1.54, 1.807) is 23.4 Å². The highest BCUT2D eigenvalue weighted by molar-refractivity contribution is 6.31. The third kappa shape index (κ3) is 4.46. The SMILES string of the molecule is Cc1ccc(NC(=O)N2CCN(c3ccc(-c4ccncc4)nn3)CC2)cc1Cl. The molecule has 2 amide bonds. The molecule has 0 atom stereocenters. The van der Waals surface area contributed by atoms with E-state index in [0.717, 1.165) is 22.6 Å². The van der Waals surface area contributed by atoms with Crippen LogP contribution in [-0.2, 0) is 0 Å². The second-order valence-corrected chi connectivity index (χ2v) is 7.29. The summed E-state index contributed by atoms with van der Waals surface area (Å²) in [5.74, 6) is 0.813. The Hall–Kier alpha value is -3.19. The van der Waals surface area contributed by atoms with Crippen LogP contribution < -0.4 is 10.2 Å². The molecule has 1 N–H and O–H groups in total. The number of piperazine rings is 1. The van der Waals surface area contributed by atoms with Crippen molar-refractivity contribution < 1.29 is 4.79 Å². The number of benzene rings is 1. The lowest BCUT2D eigenvalue weighted by Gasteiger charge is -2.35. The van der Waals surface area contributed by atoms with Crippen LogP contribution in [-0.4, -0.2) is 52.3 Å². The van der Waals surface area contributed by atoms with Crippen LogP contribution in [0, 0.1) is 6.92 Å². The molecule has 0 unspecified atom stereocenters. The van der Waals surface area contributed by atoms with Gasteiger partial charge in [-0.2, -0.15) is 0 Å². The van der Waals surface area contributed by atoms with Crippen LogP contribution >= 0.6 is 11.6 Å². The van der Waals surface area contributed by atoms with E-state index in [2.05, 4.69) is 25.4 Å². The number of urea groups is 1. The number of amides is 2. The smallest absolute Gasteiger partial charge is 0.321 e. The first kappa shape index (κ1) is 19.1. The maximum atomic E-state index is 12.5. The summed E-state index contributed by atoms with van der Waals surface area (Å²) in [6, 6.07) is 13.1. The zero-order valence-electron chi connectivity index (χ0n) is 16.0. The van der Waals surface area contributed by atoms with Gasteiger partial charge in [0.2, 0.25) is 0 Å². The van der Waals surface area contributed by atoms with Crippen molar-refractivity contribution in [3.63, 3.8) is 0 Å². The molecule has 1 saturated heterocycles. The molecule has 29 heavy (non-hydrogen) atoms. The van der Waals surface area contributed by atoms with Crippen molar-refractivity contribution in [2.45, 2.75) is 6.92 Å². The van der Waals surface area contributed by atoms with Crippen molar-refractivity contribution in [3.05, 3.63) is 65.4 Å². The number of carbonyl (C=O) groups is 1. The lowest BCUT2D eigenvalue weighted by atomic mass is 10.2. The topological polar surface area (TPSA) is 74.2 Å². The van der Waals surface area contributed by atoms with Gasteiger partial charge >= 0.3 is 6.03 Å². The number of pyridine rings is 1. The first-order valence-corrected chi connectivity index (χ1v) is 9.79. The summed E-state index contributed by atoms with van der Waals surface area (Å²) >= 11 is 6.13. The van der Waals surface area contributed by atoms with Gasteiger partial charge in [0.05, 0.1) is 5.69 Å². The molecule has 0 spiro atoms. The van der Waals surface area contributed by atoms with Gasteiger partial charge in [0.25, 0.3) is 0 Å². The van der Waals surface area contributed by atoms with Gasteiger partial charge in [0.1, 0.15) is 0 Å². The molecule has 2 aromatic heterocycles. The Morgan fingerprint density at radius 1 is 1.00 bits per heavy atom. The molecular formula is C21H21ClN6O. The van der Waals surface area contributed by atoms with Crippen molar-refractivity contribution in [1.29, 1.82) is 0 Å². The largest absolute Gasteiger partial charge is 0.352 e. The van der Waals surface area contributed by atoms with Gasteiger partial charge in [-0.3, -0.25) is 4.98 Å². The van der Waals surface area contributed by atoms with E-state index in [0.29, 0.717) is 36.9 Å². The molecule has 0 radical (unpaired) electrons. The average molecular weight is 409 g/mol. The molecular weight excluding hydrogens is 388 g/mol. The maximum Gasteiger partial charge on any atom is 0.321 e. The summed E-state index contributed by atoms with van der Waals surface area (Å²) in [5.41, 5.74) is 3.47. The predicted molar refractivity (Wildman–Crippen MR) is 114 cm³/mol. The fourth-order valence-electron chi connectivity index (χ4n) is 3.18. The monoisotopic (exact) mass is 408 g/mol. The normalized spacial score (nSPS) is 14.0. The average Bonchev–Trinajstić information content (AvgIpc) is 2.77. The van der Waals surface area contributed by atoms with E-state index in [9.17, 15) is 4.79 Å². The molecule has 7 nitrogen and oxygen atoms in total. The summed E-state index contributed by atoms with van der Waals surface area (Å²) in [6.07, 6.45) is 3.47. The van der Waals surface area contributed by atoms with Crippen molar-refractivity contribution in [2.75, 3.05) is 36.4 Å². The quantitative estimate of drug-likeness (QED) is 0.712. The lowest BCUT2D eigenvalue weighted by Crippen LogP contribution is -2.50. The molecule has 1 fully saturated rings. The minimum absolute atomic E-state index is 0.122. The molecule has 1 aliphatic heterocycles. The van der Waals surface area contributed by atoms with Crippen molar-refractivity contribution in [2.24, 2.45) is 0 Å². The Bertz CT molecular complexity index is 988. The molecule has 0 saturated carbocycles. The molecule has 8 heteroatoms. The number of nitrogens with one attached hydrogen (secondary N) is 1.